The van der Waals surface area contributed by atoms with E-state index in [4.69, 9.17) is 5.84 Å². The van der Waals surface area contributed by atoms with Crippen LogP contribution in [-0.4, -0.2) is 48.6 Å². The maximum absolute atomic E-state index is 5.87. The molecular formula is C16H26N4. The lowest BCUT2D eigenvalue weighted by Gasteiger charge is -2.50. The fourth-order valence-corrected chi connectivity index (χ4v) is 3.49. The molecule has 3 heterocycles. The fourth-order valence-electron chi connectivity index (χ4n) is 3.49. The van der Waals surface area contributed by atoms with E-state index >= 15 is 0 Å². The summed E-state index contributed by atoms with van der Waals surface area (Å²) in [5.41, 5.74) is 5.74. The van der Waals surface area contributed by atoms with E-state index < -0.39 is 0 Å². The molecule has 0 aliphatic carbocycles. The molecule has 110 valence electrons. The topological polar surface area (TPSA) is 44.5 Å². The summed E-state index contributed by atoms with van der Waals surface area (Å²) < 4.78 is 0. The normalized spacial score (nSPS) is 30.7. The second-order valence-corrected chi connectivity index (χ2v) is 6.37. The molecule has 2 bridgehead atoms. The first-order chi connectivity index (χ1) is 9.69. The van der Waals surface area contributed by atoms with Gasteiger partial charge in [0.2, 0.25) is 0 Å². The summed E-state index contributed by atoms with van der Waals surface area (Å²) in [6, 6.07) is 9.66. The Bertz CT molecular complexity index is 434. The van der Waals surface area contributed by atoms with Crippen molar-refractivity contribution in [2.45, 2.75) is 31.8 Å². The SMILES string of the molecule is CC(C)c1ccc(C(NN)C2CN3CCN2CC3)cc1. The van der Waals surface area contributed by atoms with Gasteiger partial charge in [0.25, 0.3) is 0 Å². The highest BCUT2D eigenvalue weighted by molar-refractivity contribution is 5.28. The van der Waals surface area contributed by atoms with Gasteiger partial charge in [0.1, 0.15) is 0 Å². The molecule has 3 aliphatic rings. The van der Waals surface area contributed by atoms with Gasteiger partial charge in [-0.05, 0) is 17.0 Å². The molecule has 3 saturated heterocycles. The summed E-state index contributed by atoms with van der Waals surface area (Å²) >= 11 is 0. The van der Waals surface area contributed by atoms with Crippen LogP contribution in [0, 0.1) is 0 Å². The third kappa shape index (κ3) is 2.61. The molecule has 1 aromatic rings. The van der Waals surface area contributed by atoms with E-state index in [0.717, 1.165) is 6.54 Å². The van der Waals surface area contributed by atoms with Crippen molar-refractivity contribution in [2.24, 2.45) is 5.84 Å². The van der Waals surface area contributed by atoms with Crippen LogP contribution in [-0.2, 0) is 0 Å². The first kappa shape index (κ1) is 14.0. The molecule has 3 N–H and O–H groups in total. The van der Waals surface area contributed by atoms with E-state index in [-0.39, 0.29) is 6.04 Å². The number of hydrogen-bond acceptors (Lipinski definition) is 4. The van der Waals surface area contributed by atoms with Crippen LogP contribution in [0.3, 0.4) is 0 Å². The number of benzene rings is 1. The van der Waals surface area contributed by atoms with Crippen LogP contribution >= 0.6 is 0 Å². The Kier molecular flexibility index (Phi) is 4.08. The zero-order valence-corrected chi connectivity index (χ0v) is 12.5. The predicted octanol–water partition coefficient (Wildman–Crippen LogP) is 1.31. The quantitative estimate of drug-likeness (QED) is 0.642. The lowest BCUT2D eigenvalue weighted by Crippen LogP contribution is -2.64. The van der Waals surface area contributed by atoms with Crippen molar-refractivity contribution < 1.29 is 0 Å². The Morgan fingerprint density at radius 3 is 2.10 bits per heavy atom. The predicted molar refractivity (Wildman–Crippen MR) is 82.4 cm³/mol. The second-order valence-electron chi connectivity index (χ2n) is 6.37. The molecule has 2 unspecified atom stereocenters. The molecule has 4 heteroatoms. The number of nitrogens with one attached hydrogen (secondary N) is 1. The molecule has 0 radical (unpaired) electrons. The van der Waals surface area contributed by atoms with Gasteiger partial charge in [0, 0.05) is 38.8 Å². The summed E-state index contributed by atoms with van der Waals surface area (Å²) in [5, 5.41) is 0. The Morgan fingerprint density at radius 1 is 1.05 bits per heavy atom. The first-order valence-electron chi connectivity index (χ1n) is 7.71. The van der Waals surface area contributed by atoms with Crippen molar-refractivity contribution in [2.75, 3.05) is 32.7 Å². The highest BCUT2D eigenvalue weighted by Gasteiger charge is 2.36. The zero-order valence-electron chi connectivity index (χ0n) is 12.5. The molecule has 0 saturated carbocycles. The van der Waals surface area contributed by atoms with E-state index in [1.54, 1.807) is 0 Å². The molecule has 1 aromatic carbocycles. The van der Waals surface area contributed by atoms with Crippen LogP contribution in [0.1, 0.15) is 36.9 Å². The van der Waals surface area contributed by atoms with Crippen molar-refractivity contribution in [3.05, 3.63) is 35.4 Å². The molecular weight excluding hydrogens is 248 g/mol. The first-order valence-corrected chi connectivity index (χ1v) is 7.71. The standard InChI is InChI=1S/C16H26N4/c1-12(2)13-3-5-14(6-4-13)16(18-17)15-11-19-7-9-20(15)10-8-19/h3-6,12,15-16,18H,7-11,17H2,1-2H3. The number of nitrogens with zero attached hydrogens (tertiary/aromatic N) is 2. The van der Waals surface area contributed by atoms with E-state index in [9.17, 15) is 0 Å². The van der Waals surface area contributed by atoms with Gasteiger partial charge in [-0.25, -0.2) is 0 Å². The highest BCUT2D eigenvalue weighted by Crippen LogP contribution is 2.27. The van der Waals surface area contributed by atoms with Crippen molar-refractivity contribution in [1.82, 2.24) is 15.2 Å². The van der Waals surface area contributed by atoms with Crippen LogP contribution in [0.4, 0.5) is 0 Å². The molecule has 0 aromatic heterocycles. The van der Waals surface area contributed by atoms with Gasteiger partial charge < -0.3 is 0 Å². The Balaban J connectivity index is 1.79. The van der Waals surface area contributed by atoms with E-state index in [1.165, 1.54) is 37.3 Å². The maximum Gasteiger partial charge on any atom is 0.0627 e. The largest absolute Gasteiger partial charge is 0.299 e. The van der Waals surface area contributed by atoms with E-state index in [1.807, 2.05) is 0 Å². The monoisotopic (exact) mass is 274 g/mol. The smallest absolute Gasteiger partial charge is 0.0627 e. The number of nitrogens with two attached hydrogens (primary N) is 1. The summed E-state index contributed by atoms with van der Waals surface area (Å²) in [4.78, 5) is 5.14. The number of hydrogen-bond donors (Lipinski definition) is 2. The van der Waals surface area contributed by atoms with Gasteiger partial charge in [0.05, 0.1) is 6.04 Å². The average molecular weight is 274 g/mol. The lowest BCUT2D eigenvalue weighted by molar-refractivity contribution is -0.00369. The molecule has 20 heavy (non-hydrogen) atoms. The fraction of sp³-hybridized carbons (Fsp3) is 0.625. The third-order valence-electron chi connectivity index (χ3n) is 4.85. The summed E-state index contributed by atoms with van der Waals surface area (Å²) in [7, 11) is 0. The minimum absolute atomic E-state index is 0.222. The molecule has 0 amide bonds. The van der Waals surface area contributed by atoms with E-state index in [2.05, 4.69) is 53.3 Å². The zero-order chi connectivity index (χ0) is 14.1. The Hall–Kier alpha value is -0.940. The molecule has 4 nitrogen and oxygen atoms in total. The highest BCUT2D eigenvalue weighted by atomic mass is 15.4. The minimum atomic E-state index is 0.222. The number of rotatable bonds is 4. The third-order valence-corrected chi connectivity index (χ3v) is 4.85. The van der Waals surface area contributed by atoms with Gasteiger partial charge >= 0.3 is 0 Å². The second kappa shape index (κ2) is 5.82. The summed E-state index contributed by atoms with van der Waals surface area (Å²) in [6.45, 7) is 10.3. The Labute approximate surface area is 121 Å². The van der Waals surface area contributed by atoms with Crippen molar-refractivity contribution in [3.8, 4) is 0 Å². The minimum Gasteiger partial charge on any atom is -0.299 e. The lowest BCUT2D eigenvalue weighted by atomic mass is 9.92. The van der Waals surface area contributed by atoms with Gasteiger partial charge in [-0.1, -0.05) is 38.1 Å². The summed E-state index contributed by atoms with van der Waals surface area (Å²) in [6.07, 6.45) is 0. The molecule has 4 rings (SSSR count). The average Bonchev–Trinajstić information content (AvgIpc) is 2.50. The van der Waals surface area contributed by atoms with Crippen molar-refractivity contribution in [3.63, 3.8) is 0 Å². The maximum atomic E-state index is 5.87. The van der Waals surface area contributed by atoms with Crippen LogP contribution in [0.25, 0.3) is 0 Å². The Morgan fingerprint density at radius 2 is 1.65 bits per heavy atom. The molecule has 3 aliphatic heterocycles. The number of fused-ring (bicyclic) bond motifs is 3. The molecule has 0 spiro atoms. The van der Waals surface area contributed by atoms with Crippen molar-refractivity contribution >= 4 is 0 Å². The van der Waals surface area contributed by atoms with Crippen LogP contribution in [0.15, 0.2) is 24.3 Å². The van der Waals surface area contributed by atoms with E-state index in [0.29, 0.717) is 12.0 Å². The number of piperazine rings is 3. The van der Waals surface area contributed by atoms with Gasteiger partial charge in [-0.2, -0.15) is 0 Å². The van der Waals surface area contributed by atoms with Gasteiger partial charge in [0.15, 0.2) is 0 Å². The van der Waals surface area contributed by atoms with Gasteiger partial charge in [-0.3, -0.25) is 21.1 Å². The van der Waals surface area contributed by atoms with Crippen LogP contribution in [0.5, 0.6) is 0 Å². The van der Waals surface area contributed by atoms with Crippen LogP contribution < -0.4 is 11.3 Å². The van der Waals surface area contributed by atoms with Crippen molar-refractivity contribution in [1.29, 1.82) is 0 Å². The summed E-state index contributed by atoms with van der Waals surface area (Å²) in [5.74, 6) is 6.45. The molecule has 3 fully saturated rings. The van der Waals surface area contributed by atoms with Gasteiger partial charge in [-0.15, -0.1) is 0 Å². The molecule has 2 atom stereocenters. The number of hydrazine groups is 1. The van der Waals surface area contributed by atoms with Crippen LogP contribution in [0.2, 0.25) is 0 Å².